The summed E-state index contributed by atoms with van der Waals surface area (Å²) in [5.74, 6) is 0.289. The molecule has 2 N–H and O–H groups in total. The van der Waals surface area contributed by atoms with E-state index in [1.54, 1.807) is 29.3 Å². The fourth-order valence-electron chi connectivity index (χ4n) is 2.13. The molecule has 2 heterocycles. The van der Waals surface area contributed by atoms with Crippen LogP contribution in [0, 0.1) is 0 Å². The van der Waals surface area contributed by atoms with Gasteiger partial charge in [-0.25, -0.2) is 9.67 Å². The summed E-state index contributed by atoms with van der Waals surface area (Å²) >= 11 is 0. The molecule has 1 atom stereocenters. The summed E-state index contributed by atoms with van der Waals surface area (Å²) in [6, 6.07) is 5.49. The Labute approximate surface area is 123 Å². The number of hydrogen-bond acceptors (Lipinski definition) is 4. The van der Waals surface area contributed by atoms with Gasteiger partial charge in [0.05, 0.1) is 0 Å². The lowest BCUT2D eigenvalue weighted by Gasteiger charge is -2.21. The molecule has 0 aliphatic carbocycles. The largest absolute Gasteiger partial charge is 0.380 e. The second kappa shape index (κ2) is 6.49. The van der Waals surface area contributed by atoms with Crippen LogP contribution in [-0.2, 0) is 11.3 Å². The molecule has 0 saturated heterocycles. The van der Waals surface area contributed by atoms with Crippen LogP contribution in [0.5, 0.6) is 0 Å². The van der Waals surface area contributed by atoms with Crippen LogP contribution in [0.4, 0.5) is 0 Å². The summed E-state index contributed by atoms with van der Waals surface area (Å²) in [6.07, 6.45) is 6.31. The topological polar surface area (TPSA) is 80.0 Å². The quantitative estimate of drug-likeness (QED) is 0.843. The van der Waals surface area contributed by atoms with Gasteiger partial charge >= 0.3 is 0 Å². The van der Waals surface area contributed by atoms with Gasteiger partial charge < -0.3 is 10.4 Å². The molecule has 0 aliphatic rings. The molecule has 0 saturated carbocycles. The minimum Gasteiger partial charge on any atom is -0.380 e. The SMILES string of the molecule is CCCC(C)(O)C(=O)NCc1cccnc1-n1cccn1. The maximum Gasteiger partial charge on any atom is 0.251 e. The Morgan fingerprint density at radius 3 is 2.90 bits per heavy atom. The van der Waals surface area contributed by atoms with Crippen molar-refractivity contribution in [2.75, 3.05) is 0 Å². The molecule has 2 rings (SSSR count). The van der Waals surface area contributed by atoms with E-state index in [9.17, 15) is 9.90 Å². The van der Waals surface area contributed by atoms with Crippen LogP contribution in [0.2, 0.25) is 0 Å². The lowest BCUT2D eigenvalue weighted by Crippen LogP contribution is -2.44. The zero-order valence-electron chi connectivity index (χ0n) is 12.3. The summed E-state index contributed by atoms with van der Waals surface area (Å²) in [6.45, 7) is 3.75. The average molecular weight is 288 g/mol. The fraction of sp³-hybridized carbons (Fsp3) is 0.400. The zero-order chi connectivity index (χ0) is 15.3. The average Bonchev–Trinajstić information content (AvgIpc) is 2.99. The Kier molecular flexibility index (Phi) is 4.70. The number of pyridine rings is 1. The van der Waals surface area contributed by atoms with E-state index >= 15 is 0 Å². The number of hydrogen-bond donors (Lipinski definition) is 2. The Balaban J connectivity index is 2.09. The first-order valence-electron chi connectivity index (χ1n) is 6.99. The van der Waals surface area contributed by atoms with Crippen LogP contribution < -0.4 is 5.32 Å². The molecule has 112 valence electrons. The second-order valence-electron chi connectivity index (χ2n) is 5.14. The normalized spacial score (nSPS) is 13.7. The van der Waals surface area contributed by atoms with Crippen LogP contribution in [0.3, 0.4) is 0 Å². The van der Waals surface area contributed by atoms with Crippen molar-refractivity contribution in [3.05, 3.63) is 42.4 Å². The highest BCUT2D eigenvalue weighted by atomic mass is 16.3. The van der Waals surface area contributed by atoms with Gasteiger partial charge in [-0.2, -0.15) is 5.10 Å². The summed E-state index contributed by atoms with van der Waals surface area (Å²) in [5.41, 5.74) is -0.509. The van der Waals surface area contributed by atoms with E-state index in [-0.39, 0.29) is 5.91 Å². The standard InChI is InChI=1S/C15H20N4O2/c1-3-7-15(2,21)14(20)17-11-12-6-4-8-16-13(12)19-10-5-9-18-19/h4-6,8-10,21H,3,7,11H2,1-2H3,(H,17,20). The van der Waals surface area contributed by atoms with Gasteiger partial charge in [0.15, 0.2) is 5.82 Å². The maximum absolute atomic E-state index is 12.0. The number of aliphatic hydroxyl groups is 1. The summed E-state index contributed by atoms with van der Waals surface area (Å²) in [7, 11) is 0. The smallest absolute Gasteiger partial charge is 0.251 e. The molecular weight excluding hydrogens is 268 g/mol. The summed E-state index contributed by atoms with van der Waals surface area (Å²) in [5, 5.41) is 17.0. The molecule has 1 unspecified atom stereocenters. The van der Waals surface area contributed by atoms with Gasteiger partial charge in [0, 0.05) is 30.7 Å². The van der Waals surface area contributed by atoms with E-state index in [1.807, 2.05) is 19.1 Å². The van der Waals surface area contributed by atoms with Gasteiger partial charge in [-0.05, 0) is 25.5 Å². The fourth-order valence-corrected chi connectivity index (χ4v) is 2.13. The molecule has 0 bridgehead atoms. The molecule has 21 heavy (non-hydrogen) atoms. The van der Waals surface area contributed by atoms with Gasteiger partial charge in [-0.15, -0.1) is 0 Å². The molecule has 0 aliphatic heterocycles. The minimum atomic E-state index is -1.34. The van der Waals surface area contributed by atoms with E-state index in [1.165, 1.54) is 6.92 Å². The molecule has 6 heteroatoms. The number of carbonyl (C=O) groups excluding carboxylic acids is 1. The third-order valence-corrected chi connectivity index (χ3v) is 3.25. The molecule has 1 amide bonds. The van der Waals surface area contributed by atoms with Crippen molar-refractivity contribution in [3.8, 4) is 5.82 Å². The van der Waals surface area contributed by atoms with Crippen molar-refractivity contribution in [1.82, 2.24) is 20.1 Å². The lowest BCUT2D eigenvalue weighted by atomic mass is 10.00. The summed E-state index contributed by atoms with van der Waals surface area (Å²) in [4.78, 5) is 16.3. The minimum absolute atomic E-state index is 0.293. The molecule has 0 fully saturated rings. The first kappa shape index (κ1) is 15.2. The number of rotatable bonds is 6. The predicted molar refractivity (Wildman–Crippen MR) is 78.7 cm³/mol. The molecule has 2 aromatic rings. The highest BCUT2D eigenvalue weighted by molar-refractivity contribution is 5.84. The van der Waals surface area contributed by atoms with Crippen LogP contribution in [0.25, 0.3) is 5.82 Å². The van der Waals surface area contributed by atoms with E-state index in [2.05, 4.69) is 15.4 Å². The van der Waals surface area contributed by atoms with Crippen molar-refractivity contribution in [2.45, 2.75) is 38.8 Å². The Hall–Kier alpha value is -2.21. The maximum atomic E-state index is 12.0. The number of carbonyl (C=O) groups is 1. The molecule has 0 spiro atoms. The molecule has 2 aromatic heterocycles. The molecule has 6 nitrogen and oxygen atoms in total. The van der Waals surface area contributed by atoms with Crippen molar-refractivity contribution >= 4 is 5.91 Å². The van der Waals surface area contributed by atoms with Crippen LogP contribution >= 0.6 is 0 Å². The van der Waals surface area contributed by atoms with E-state index < -0.39 is 5.60 Å². The van der Waals surface area contributed by atoms with Crippen LogP contribution in [0.1, 0.15) is 32.3 Å². The van der Waals surface area contributed by atoms with Gasteiger partial charge in [0.25, 0.3) is 5.91 Å². The van der Waals surface area contributed by atoms with Crippen LogP contribution in [-0.4, -0.2) is 31.4 Å². The first-order chi connectivity index (χ1) is 10.0. The summed E-state index contributed by atoms with van der Waals surface area (Å²) < 4.78 is 1.64. The third kappa shape index (κ3) is 3.66. The number of nitrogens with zero attached hydrogens (tertiary/aromatic N) is 3. The number of nitrogens with one attached hydrogen (secondary N) is 1. The Bertz CT molecular complexity index is 593. The van der Waals surface area contributed by atoms with Crippen molar-refractivity contribution in [3.63, 3.8) is 0 Å². The molecule has 0 aromatic carbocycles. The van der Waals surface area contributed by atoms with Crippen LogP contribution in [0.15, 0.2) is 36.8 Å². The number of aromatic nitrogens is 3. The molecular formula is C15H20N4O2. The highest BCUT2D eigenvalue weighted by Gasteiger charge is 2.28. The van der Waals surface area contributed by atoms with Crippen molar-refractivity contribution in [2.24, 2.45) is 0 Å². The predicted octanol–water partition coefficient (Wildman–Crippen LogP) is 1.43. The second-order valence-corrected chi connectivity index (χ2v) is 5.14. The van der Waals surface area contributed by atoms with Crippen molar-refractivity contribution < 1.29 is 9.90 Å². The highest BCUT2D eigenvalue weighted by Crippen LogP contribution is 2.14. The van der Waals surface area contributed by atoms with Gasteiger partial charge in [0.1, 0.15) is 5.60 Å². The van der Waals surface area contributed by atoms with E-state index in [4.69, 9.17) is 0 Å². The van der Waals surface area contributed by atoms with Gasteiger partial charge in [0.2, 0.25) is 0 Å². The zero-order valence-corrected chi connectivity index (χ0v) is 12.3. The molecule has 0 radical (unpaired) electrons. The first-order valence-corrected chi connectivity index (χ1v) is 6.99. The van der Waals surface area contributed by atoms with E-state index in [0.29, 0.717) is 18.8 Å². The monoisotopic (exact) mass is 288 g/mol. The number of amides is 1. The van der Waals surface area contributed by atoms with Gasteiger partial charge in [-0.3, -0.25) is 4.79 Å². The third-order valence-electron chi connectivity index (χ3n) is 3.25. The lowest BCUT2D eigenvalue weighted by molar-refractivity contribution is -0.138. The Morgan fingerprint density at radius 1 is 1.43 bits per heavy atom. The van der Waals surface area contributed by atoms with E-state index in [0.717, 1.165) is 12.0 Å². The van der Waals surface area contributed by atoms with Gasteiger partial charge in [-0.1, -0.05) is 19.4 Å². The Morgan fingerprint density at radius 2 is 2.24 bits per heavy atom. The van der Waals surface area contributed by atoms with Crippen molar-refractivity contribution in [1.29, 1.82) is 0 Å².